The van der Waals surface area contributed by atoms with Gasteiger partial charge in [0, 0.05) is 18.9 Å². The van der Waals surface area contributed by atoms with Crippen molar-refractivity contribution >= 4 is 17.4 Å². The molecule has 1 aliphatic heterocycles. The van der Waals surface area contributed by atoms with E-state index >= 15 is 0 Å². The average Bonchev–Trinajstić information content (AvgIpc) is 2.81. The molecular formula is C12H15N5O2. The second kappa shape index (κ2) is 4.49. The minimum atomic E-state index is -0.806. The summed E-state index contributed by atoms with van der Waals surface area (Å²) < 4.78 is 1.83. The van der Waals surface area contributed by atoms with E-state index in [2.05, 4.69) is 15.2 Å². The van der Waals surface area contributed by atoms with Crippen LogP contribution in [0.1, 0.15) is 25.1 Å². The third-order valence-electron chi connectivity index (χ3n) is 3.54. The highest BCUT2D eigenvalue weighted by atomic mass is 16.4. The van der Waals surface area contributed by atoms with Crippen molar-refractivity contribution < 1.29 is 9.90 Å². The quantitative estimate of drug-likeness (QED) is 0.863. The summed E-state index contributed by atoms with van der Waals surface area (Å²) in [5.41, 5.74) is 0.619. The van der Waals surface area contributed by atoms with Crippen LogP contribution in [0.25, 0.3) is 5.65 Å². The number of hydrogen-bond acceptors (Lipinski definition) is 5. The molecule has 1 unspecified atom stereocenters. The fourth-order valence-corrected chi connectivity index (χ4v) is 2.57. The van der Waals surface area contributed by atoms with Gasteiger partial charge in [-0.25, -0.2) is 9.78 Å². The Labute approximate surface area is 109 Å². The van der Waals surface area contributed by atoms with Gasteiger partial charge in [-0.05, 0) is 26.2 Å². The van der Waals surface area contributed by atoms with Crippen LogP contribution in [0.2, 0.25) is 0 Å². The zero-order valence-electron chi connectivity index (χ0n) is 10.7. The molecule has 1 N–H and O–H groups in total. The van der Waals surface area contributed by atoms with Crippen molar-refractivity contribution in [2.45, 2.75) is 32.2 Å². The van der Waals surface area contributed by atoms with Crippen molar-refractivity contribution in [3.05, 3.63) is 18.2 Å². The number of carbonyl (C=O) groups is 1. The Morgan fingerprint density at radius 1 is 1.42 bits per heavy atom. The summed E-state index contributed by atoms with van der Waals surface area (Å²) in [5, 5.41) is 17.5. The molecule has 100 valence electrons. The third-order valence-corrected chi connectivity index (χ3v) is 3.54. The monoisotopic (exact) mass is 261 g/mol. The van der Waals surface area contributed by atoms with Gasteiger partial charge in [-0.15, -0.1) is 10.2 Å². The average molecular weight is 261 g/mol. The Morgan fingerprint density at radius 2 is 2.26 bits per heavy atom. The van der Waals surface area contributed by atoms with Gasteiger partial charge < -0.3 is 10.0 Å². The summed E-state index contributed by atoms with van der Waals surface area (Å²) in [5.74, 6) is 0.567. The minimum Gasteiger partial charge on any atom is -0.480 e. The molecule has 3 rings (SSSR count). The van der Waals surface area contributed by atoms with E-state index in [4.69, 9.17) is 0 Å². The molecule has 1 saturated heterocycles. The number of nitrogens with zero attached hydrogens (tertiary/aromatic N) is 5. The van der Waals surface area contributed by atoms with Crippen molar-refractivity contribution in [3.8, 4) is 0 Å². The number of rotatable bonds is 2. The summed E-state index contributed by atoms with van der Waals surface area (Å²) in [7, 11) is 0. The zero-order valence-corrected chi connectivity index (χ0v) is 10.7. The summed E-state index contributed by atoms with van der Waals surface area (Å²) in [6, 6.07) is -0.524. The number of fused-ring (bicyclic) bond motifs is 1. The Hall–Kier alpha value is -2.18. The van der Waals surface area contributed by atoms with Gasteiger partial charge in [0.05, 0.1) is 0 Å². The fourth-order valence-electron chi connectivity index (χ4n) is 2.57. The van der Waals surface area contributed by atoms with Crippen molar-refractivity contribution in [2.75, 3.05) is 11.4 Å². The van der Waals surface area contributed by atoms with Gasteiger partial charge >= 0.3 is 5.97 Å². The molecule has 1 atom stereocenters. The van der Waals surface area contributed by atoms with Crippen molar-refractivity contribution in [2.24, 2.45) is 0 Å². The first-order valence-electron chi connectivity index (χ1n) is 6.34. The highest BCUT2D eigenvalue weighted by Crippen LogP contribution is 2.26. The maximum atomic E-state index is 11.4. The molecule has 7 nitrogen and oxygen atoms in total. The molecule has 0 aliphatic carbocycles. The number of hydrogen-bond donors (Lipinski definition) is 1. The second-order valence-electron chi connectivity index (χ2n) is 4.73. The smallest absolute Gasteiger partial charge is 0.326 e. The first-order valence-corrected chi connectivity index (χ1v) is 6.34. The highest BCUT2D eigenvalue weighted by molar-refractivity contribution is 5.80. The number of carboxylic acids is 1. The molecule has 0 aromatic carbocycles. The second-order valence-corrected chi connectivity index (χ2v) is 4.73. The molecule has 2 aromatic rings. The Morgan fingerprint density at radius 3 is 3.05 bits per heavy atom. The van der Waals surface area contributed by atoms with Crippen molar-refractivity contribution in [1.82, 2.24) is 19.6 Å². The number of aryl methyl sites for hydroxylation is 1. The number of carboxylic acid groups (broad SMARTS) is 1. The van der Waals surface area contributed by atoms with Crippen LogP contribution < -0.4 is 4.90 Å². The van der Waals surface area contributed by atoms with Crippen LogP contribution >= 0.6 is 0 Å². The van der Waals surface area contributed by atoms with E-state index in [1.165, 1.54) is 0 Å². The molecule has 19 heavy (non-hydrogen) atoms. The highest BCUT2D eigenvalue weighted by Gasteiger charge is 2.31. The molecule has 0 bridgehead atoms. The summed E-state index contributed by atoms with van der Waals surface area (Å²) in [4.78, 5) is 17.5. The lowest BCUT2D eigenvalue weighted by molar-refractivity contribution is -0.139. The van der Waals surface area contributed by atoms with Crippen LogP contribution in [-0.4, -0.2) is 43.2 Å². The van der Waals surface area contributed by atoms with E-state index in [1.54, 1.807) is 12.4 Å². The van der Waals surface area contributed by atoms with E-state index in [0.29, 0.717) is 24.4 Å². The van der Waals surface area contributed by atoms with Gasteiger partial charge in [0.15, 0.2) is 5.82 Å². The summed E-state index contributed by atoms with van der Waals surface area (Å²) in [6.45, 7) is 2.55. The zero-order chi connectivity index (χ0) is 13.4. The van der Waals surface area contributed by atoms with Gasteiger partial charge in [-0.1, -0.05) is 0 Å². The predicted molar refractivity (Wildman–Crippen MR) is 68.1 cm³/mol. The van der Waals surface area contributed by atoms with Gasteiger partial charge in [0.2, 0.25) is 5.65 Å². The number of piperidine rings is 1. The number of aromatic nitrogens is 4. The molecule has 0 amide bonds. The minimum absolute atomic E-state index is 0.524. The van der Waals surface area contributed by atoms with Gasteiger partial charge in [0.25, 0.3) is 0 Å². The van der Waals surface area contributed by atoms with Crippen LogP contribution in [-0.2, 0) is 4.79 Å². The largest absolute Gasteiger partial charge is 0.480 e. The standard InChI is InChI=1S/C12H15N5O2/c1-8-14-15-11-10(13-5-7-16(8)11)17-6-3-2-4-9(17)12(18)19/h5,7,9H,2-4,6H2,1H3,(H,18,19). The fraction of sp³-hybridized carbons (Fsp3) is 0.500. The third kappa shape index (κ3) is 1.91. The lowest BCUT2D eigenvalue weighted by Gasteiger charge is -2.33. The Balaban J connectivity index is 2.09. The normalized spacial score (nSPS) is 19.8. The topological polar surface area (TPSA) is 83.6 Å². The summed E-state index contributed by atoms with van der Waals surface area (Å²) >= 11 is 0. The Bertz CT molecular complexity index is 624. The molecule has 1 aliphatic rings. The maximum Gasteiger partial charge on any atom is 0.326 e. The Kier molecular flexibility index (Phi) is 2.81. The lowest BCUT2D eigenvalue weighted by Crippen LogP contribution is -2.45. The lowest BCUT2D eigenvalue weighted by atomic mass is 10.0. The maximum absolute atomic E-state index is 11.4. The van der Waals surface area contributed by atoms with Crippen LogP contribution in [0.3, 0.4) is 0 Å². The SMILES string of the molecule is Cc1nnc2c(N3CCCCC3C(=O)O)nccn12. The van der Waals surface area contributed by atoms with E-state index in [0.717, 1.165) is 18.7 Å². The molecule has 3 heterocycles. The van der Waals surface area contributed by atoms with Gasteiger partial charge in [-0.3, -0.25) is 4.40 Å². The predicted octanol–water partition coefficient (Wildman–Crippen LogP) is 0.876. The van der Waals surface area contributed by atoms with Crippen LogP contribution in [0.15, 0.2) is 12.4 Å². The van der Waals surface area contributed by atoms with Crippen LogP contribution in [0, 0.1) is 6.92 Å². The van der Waals surface area contributed by atoms with E-state index in [1.807, 2.05) is 16.2 Å². The number of aliphatic carboxylic acids is 1. The van der Waals surface area contributed by atoms with E-state index < -0.39 is 12.0 Å². The summed E-state index contributed by atoms with van der Waals surface area (Å²) in [6.07, 6.45) is 5.99. The van der Waals surface area contributed by atoms with E-state index in [9.17, 15) is 9.90 Å². The molecule has 7 heteroatoms. The van der Waals surface area contributed by atoms with Crippen molar-refractivity contribution in [3.63, 3.8) is 0 Å². The van der Waals surface area contributed by atoms with Crippen molar-refractivity contribution in [1.29, 1.82) is 0 Å². The molecule has 0 spiro atoms. The first-order chi connectivity index (χ1) is 9.18. The number of anilines is 1. The van der Waals surface area contributed by atoms with Crippen LogP contribution in [0.5, 0.6) is 0 Å². The molecular weight excluding hydrogens is 246 g/mol. The van der Waals surface area contributed by atoms with Gasteiger partial charge in [-0.2, -0.15) is 0 Å². The van der Waals surface area contributed by atoms with Crippen LogP contribution in [0.4, 0.5) is 5.82 Å². The molecule has 0 saturated carbocycles. The molecule has 2 aromatic heterocycles. The van der Waals surface area contributed by atoms with Gasteiger partial charge in [0.1, 0.15) is 11.9 Å². The first kappa shape index (κ1) is 11.9. The molecule has 0 radical (unpaired) electrons. The van der Waals surface area contributed by atoms with E-state index in [-0.39, 0.29) is 0 Å². The molecule has 1 fully saturated rings.